The molecule has 11 unspecified atom stereocenters. The highest BCUT2D eigenvalue weighted by Crippen LogP contribution is 2.78. The quantitative estimate of drug-likeness (QED) is 0.227. The van der Waals surface area contributed by atoms with Crippen LogP contribution in [0.5, 0.6) is 0 Å². The lowest BCUT2D eigenvalue weighted by atomic mass is 9.38. The van der Waals surface area contributed by atoms with Gasteiger partial charge in [0.2, 0.25) is 0 Å². The highest BCUT2D eigenvalue weighted by Gasteiger charge is 2.71. The standard InChI is InChI=1S/C33H60.C5H12.4C2H6.CH4/c1-12-13-14-17-32(10)19-27-23(5)28-22(4)15-16-25(21(2)3)26(28)18-31(27,9)20-33(32,11)29-24(6)30(29,7)8;1-3-5-4-2;4*1-2;/h21-29H,12-20H2,1-11H3;3-5H2,1-2H3;4*1-2H3;1H4. The molecule has 0 radical (unpaired) electrons. The highest BCUT2D eigenvalue weighted by molar-refractivity contribution is 5.19. The molecule has 0 nitrogen and oxygen atoms in total. The van der Waals surface area contributed by atoms with E-state index in [-0.39, 0.29) is 7.43 Å². The number of rotatable bonds is 8. The van der Waals surface area contributed by atoms with Crippen LogP contribution >= 0.6 is 0 Å². The molecule has 4 aliphatic carbocycles. The molecular weight excluding hydrogens is 565 g/mol. The Balaban J connectivity index is -0.00000121. The van der Waals surface area contributed by atoms with Crippen molar-refractivity contribution in [2.45, 2.75) is 230 Å². The second kappa shape index (κ2) is 23.5. The Morgan fingerprint density at radius 1 is 0.660 bits per heavy atom. The van der Waals surface area contributed by atoms with E-state index in [1.165, 1.54) is 77.0 Å². The van der Waals surface area contributed by atoms with Crippen molar-refractivity contribution in [2.24, 2.45) is 74.9 Å². The molecule has 0 aromatic carbocycles. The second-order valence-electron chi connectivity index (χ2n) is 17.3. The first-order valence-corrected chi connectivity index (χ1v) is 21.6. The zero-order valence-corrected chi connectivity index (χ0v) is 36.7. The van der Waals surface area contributed by atoms with Crippen molar-refractivity contribution in [2.75, 3.05) is 0 Å². The first-order valence-electron chi connectivity index (χ1n) is 21.6. The van der Waals surface area contributed by atoms with Gasteiger partial charge in [-0.15, -0.1) is 0 Å². The molecule has 11 atom stereocenters. The van der Waals surface area contributed by atoms with E-state index in [9.17, 15) is 0 Å². The first-order chi connectivity index (χ1) is 21.6. The van der Waals surface area contributed by atoms with Gasteiger partial charge in [-0.3, -0.25) is 0 Å². The zero-order chi connectivity index (χ0) is 36.7. The average molecular weight is 665 g/mol. The molecule has 0 spiro atoms. The van der Waals surface area contributed by atoms with E-state index in [0.29, 0.717) is 21.7 Å². The van der Waals surface area contributed by atoms with Gasteiger partial charge >= 0.3 is 0 Å². The van der Waals surface area contributed by atoms with E-state index in [0.717, 1.165) is 53.3 Å². The monoisotopic (exact) mass is 665 g/mol. The van der Waals surface area contributed by atoms with Crippen molar-refractivity contribution in [1.82, 2.24) is 0 Å². The van der Waals surface area contributed by atoms with Crippen LogP contribution in [0.4, 0.5) is 0 Å². The Bertz CT molecular complexity index is 745. The van der Waals surface area contributed by atoms with Gasteiger partial charge < -0.3 is 0 Å². The molecule has 0 aromatic heterocycles. The molecule has 4 fully saturated rings. The van der Waals surface area contributed by atoms with Crippen molar-refractivity contribution in [3.05, 3.63) is 0 Å². The largest absolute Gasteiger partial charge is 0.0776 e. The molecule has 0 bridgehead atoms. The maximum atomic E-state index is 2.79. The Morgan fingerprint density at radius 2 is 1.13 bits per heavy atom. The minimum atomic E-state index is 0. The summed E-state index contributed by atoms with van der Waals surface area (Å²) in [5.41, 5.74) is 2.08. The van der Waals surface area contributed by atoms with E-state index < -0.39 is 0 Å². The summed E-state index contributed by atoms with van der Waals surface area (Å²) in [5, 5.41) is 0. The van der Waals surface area contributed by atoms with Gasteiger partial charge in [0.05, 0.1) is 0 Å². The van der Waals surface area contributed by atoms with E-state index in [1.54, 1.807) is 0 Å². The van der Waals surface area contributed by atoms with Crippen molar-refractivity contribution >= 4 is 0 Å². The third-order valence-corrected chi connectivity index (χ3v) is 14.3. The lowest BCUT2D eigenvalue weighted by molar-refractivity contribution is -0.183. The first kappa shape index (κ1) is 51.4. The van der Waals surface area contributed by atoms with Crippen LogP contribution in [-0.2, 0) is 0 Å². The molecule has 0 heterocycles. The number of unbranched alkanes of at least 4 members (excludes halogenated alkanes) is 4. The van der Waals surface area contributed by atoms with Gasteiger partial charge in [-0.05, 0) is 107 Å². The third kappa shape index (κ3) is 11.5. The van der Waals surface area contributed by atoms with E-state index >= 15 is 0 Å². The molecule has 0 saturated heterocycles. The van der Waals surface area contributed by atoms with E-state index in [2.05, 4.69) is 90.0 Å². The summed E-state index contributed by atoms with van der Waals surface area (Å²) < 4.78 is 0. The Hall–Kier alpha value is 0. The highest BCUT2D eigenvalue weighted by atomic mass is 14.8. The maximum absolute atomic E-state index is 2.79. The third-order valence-electron chi connectivity index (χ3n) is 14.3. The van der Waals surface area contributed by atoms with Crippen LogP contribution in [0.3, 0.4) is 0 Å². The van der Waals surface area contributed by atoms with Gasteiger partial charge in [-0.2, -0.15) is 0 Å². The van der Waals surface area contributed by atoms with Gasteiger partial charge in [0.1, 0.15) is 0 Å². The van der Waals surface area contributed by atoms with Gasteiger partial charge in [0, 0.05) is 0 Å². The number of fused-ring (bicyclic) bond motifs is 2. The minimum absolute atomic E-state index is 0. The molecular formula is C47H100. The number of hydrogen-bond acceptors (Lipinski definition) is 0. The summed E-state index contributed by atoms with van der Waals surface area (Å²) in [6, 6.07) is 0. The molecule has 0 aliphatic heterocycles. The summed E-state index contributed by atoms with van der Waals surface area (Å²) in [5.74, 6) is 8.35. The lowest BCUT2D eigenvalue weighted by Gasteiger charge is -2.67. The minimum Gasteiger partial charge on any atom is -0.0776 e. The normalized spacial score (nSPS) is 38.9. The fourth-order valence-corrected chi connectivity index (χ4v) is 11.9. The molecule has 0 heteroatoms. The summed E-state index contributed by atoms with van der Waals surface area (Å²) >= 11 is 0. The fraction of sp³-hybridized carbons (Fsp3) is 1.00. The van der Waals surface area contributed by atoms with Crippen LogP contribution in [-0.4, -0.2) is 0 Å². The van der Waals surface area contributed by atoms with Gasteiger partial charge in [0.25, 0.3) is 0 Å². The summed E-state index contributed by atoms with van der Waals surface area (Å²) in [7, 11) is 0. The van der Waals surface area contributed by atoms with Crippen molar-refractivity contribution in [3.63, 3.8) is 0 Å². The van der Waals surface area contributed by atoms with Crippen LogP contribution in [0.1, 0.15) is 230 Å². The summed E-state index contributed by atoms with van der Waals surface area (Å²) in [6.07, 6.45) is 17.3. The van der Waals surface area contributed by atoms with Gasteiger partial charge in [-0.25, -0.2) is 0 Å². The van der Waals surface area contributed by atoms with Crippen LogP contribution < -0.4 is 0 Å². The predicted molar refractivity (Wildman–Crippen MR) is 222 cm³/mol. The van der Waals surface area contributed by atoms with E-state index in [4.69, 9.17) is 0 Å². The van der Waals surface area contributed by atoms with Crippen LogP contribution in [0, 0.1) is 74.9 Å². The fourth-order valence-electron chi connectivity index (χ4n) is 11.9. The van der Waals surface area contributed by atoms with Gasteiger partial charge in [-0.1, -0.05) is 198 Å². The van der Waals surface area contributed by atoms with Crippen LogP contribution in [0.25, 0.3) is 0 Å². The molecule has 4 saturated carbocycles. The maximum Gasteiger partial charge on any atom is -0.0230 e. The molecule has 4 aliphatic rings. The Labute approximate surface area is 304 Å². The van der Waals surface area contributed by atoms with Crippen LogP contribution in [0.2, 0.25) is 0 Å². The Kier molecular flexibility index (Phi) is 25.7. The van der Waals surface area contributed by atoms with Crippen molar-refractivity contribution in [1.29, 1.82) is 0 Å². The molecule has 0 aromatic rings. The number of hydrogen-bond donors (Lipinski definition) is 0. The zero-order valence-electron chi connectivity index (χ0n) is 36.7. The summed E-state index contributed by atoms with van der Waals surface area (Å²) in [6.45, 7) is 49.3. The van der Waals surface area contributed by atoms with Crippen molar-refractivity contribution in [3.8, 4) is 0 Å². The topological polar surface area (TPSA) is 0 Å². The lowest BCUT2D eigenvalue weighted by Crippen LogP contribution is -2.60. The van der Waals surface area contributed by atoms with Crippen molar-refractivity contribution < 1.29 is 0 Å². The smallest absolute Gasteiger partial charge is 0.0230 e. The van der Waals surface area contributed by atoms with E-state index in [1.807, 2.05) is 55.4 Å². The molecule has 0 amide bonds. The Morgan fingerprint density at radius 3 is 1.51 bits per heavy atom. The molecule has 288 valence electrons. The molecule has 4 rings (SSSR count). The summed E-state index contributed by atoms with van der Waals surface area (Å²) in [4.78, 5) is 0. The van der Waals surface area contributed by atoms with Crippen LogP contribution in [0.15, 0.2) is 0 Å². The van der Waals surface area contributed by atoms with Gasteiger partial charge in [0.15, 0.2) is 0 Å². The second-order valence-corrected chi connectivity index (χ2v) is 17.3. The molecule has 47 heavy (non-hydrogen) atoms. The predicted octanol–water partition coefficient (Wildman–Crippen LogP) is 17.2. The average Bonchev–Trinajstić information content (AvgIpc) is 3.55. The molecule has 0 N–H and O–H groups in total. The SMILES string of the molecule is C.CC.CC.CC.CC.CCCCC.CCCCCC1(C)CC2C(C)C3C(C)CCC(C(C)C)C3CC2(C)CC1(C)C1C(C)C1(C)C.